The normalized spacial score (nSPS) is 15.8. The summed E-state index contributed by atoms with van der Waals surface area (Å²) < 4.78 is 5.30. The molecule has 0 saturated carbocycles. The molecule has 0 N–H and O–H groups in total. The van der Waals surface area contributed by atoms with Gasteiger partial charge in [-0.3, -0.25) is 9.59 Å². The van der Waals surface area contributed by atoms with Gasteiger partial charge in [-0.05, 0) is 5.56 Å². The van der Waals surface area contributed by atoms with Crippen molar-refractivity contribution in [2.24, 2.45) is 0 Å². The van der Waals surface area contributed by atoms with Crippen LogP contribution >= 0.6 is 0 Å². The fourth-order valence-electron chi connectivity index (χ4n) is 2.97. The minimum Gasteiger partial charge on any atom is -0.378 e. The molecular formula is C20H21NO3. The Bertz CT molecular complexity index is 679. The van der Waals surface area contributed by atoms with Crippen molar-refractivity contribution < 1.29 is 14.3 Å². The maximum absolute atomic E-state index is 13.0. The van der Waals surface area contributed by atoms with Crippen molar-refractivity contribution >= 4 is 11.7 Å². The van der Waals surface area contributed by atoms with Crippen LogP contribution < -0.4 is 0 Å². The second kappa shape index (κ2) is 7.88. The molecule has 24 heavy (non-hydrogen) atoms. The number of Topliss-reactive ketones (excluding diaryl/α,β-unsaturated/α-hetero) is 1. The maximum Gasteiger partial charge on any atom is 0.223 e. The van der Waals surface area contributed by atoms with Gasteiger partial charge < -0.3 is 9.64 Å². The summed E-state index contributed by atoms with van der Waals surface area (Å²) in [5.74, 6) is -0.455. The van der Waals surface area contributed by atoms with Crippen molar-refractivity contribution in [3.8, 4) is 0 Å². The van der Waals surface area contributed by atoms with Gasteiger partial charge in [0.15, 0.2) is 5.78 Å². The monoisotopic (exact) mass is 323 g/mol. The first-order valence-corrected chi connectivity index (χ1v) is 8.25. The van der Waals surface area contributed by atoms with Crippen molar-refractivity contribution in [3.05, 3.63) is 71.8 Å². The number of ketones is 1. The first kappa shape index (κ1) is 16.4. The third-order valence-corrected chi connectivity index (χ3v) is 4.32. The van der Waals surface area contributed by atoms with Gasteiger partial charge in [-0.1, -0.05) is 60.7 Å². The Labute approximate surface area is 142 Å². The van der Waals surface area contributed by atoms with E-state index in [4.69, 9.17) is 4.74 Å². The molecule has 0 unspecified atom stereocenters. The maximum atomic E-state index is 13.0. The highest BCUT2D eigenvalue weighted by atomic mass is 16.5. The molecule has 0 spiro atoms. The van der Waals surface area contributed by atoms with E-state index >= 15 is 0 Å². The van der Waals surface area contributed by atoms with Crippen molar-refractivity contribution in [1.82, 2.24) is 4.90 Å². The van der Waals surface area contributed by atoms with Crippen LogP contribution in [-0.4, -0.2) is 42.9 Å². The molecule has 2 aromatic rings. The lowest BCUT2D eigenvalue weighted by Crippen LogP contribution is -2.41. The second-order valence-corrected chi connectivity index (χ2v) is 5.89. The van der Waals surface area contributed by atoms with Crippen molar-refractivity contribution in [1.29, 1.82) is 0 Å². The molecule has 1 fully saturated rings. The molecule has 0 aromatic heterocycles. The summed E-state index contributed by atoms with van der Waals surface area (Å²) in [7, 11) is 0. The number of hydrogen-bond acceptors (Lipinski definition) is 3. The fourth-order valence-corrected chi connectivity index (χ4v) is 2.97. The summed E-state index contributed by atoms with van der Waals surface area (Å²) in [6, 6.07) is 18.7. The zero-order chi connectivity index (χ0) is 16.8. The van der Waals surface area contributed by atoms with E-state index in [-0.39, 0.29) is 18.1 Å². The molecule has 3 rings (SSSR count). The first-order valence-electron chi connectivity index (χ1n) is 8.25. The Hall–Kier alpha value is -2.46. The van der Waals surface area contributed by atoms with Gasteiger partial charge in [0, 0.05) is 25.1 Å². The lowest BCUT2D eigenvalue weighted by molar-refractivity contribution is -0.135. The lowest BCUT2D eigenvalue weighted by atomic mass is 9.87. The van der Waals surface area contributed by atoms with Crippen LogP contribution in [-0.2, 0) is 9.53 Å². The van der Waals surface area contributed by atoms with Gasteiger partial charge in [0.05, 0.1) is 19.1 Å². The molecule has 124 valence electrons. The van der Waals surface area contributed by atoms with Crippen LogP contribution in [0.4, 0.5) is 0 Å². The molecule has 0 bridgehead atoms. The fraction of sp³-hybridized carbons (Fsp3) is 0.300. The Balaban J connectivity index is 1.82. The van der Waals surface area contributed by atoms with Gasteiger partial charge in [0.1, 0.15) is 0 Å². The van der Waals surface area contributed by atoms with E-state index in [1.54, 1.807) is 17.0 Å². The van der Waals surface area contributed by atoms with Crippen molar-refractivity contribution in [2.45, 2.75) is 12.3 Å². The number of nitrogens with zero attached hydrogens (tertiary/aromatic N) is 1. The molecule has 4 nitrogen and oxygen atoms in total. The average Bonchev–Trinajstić information content (AvgIpc) is 2.67. The SMILES string of the molecule is O=C(c1ccccc1)[C@H](CC(=O)N1CCOCC1)c1ccccc1. The predicted molar refractivity (Wildman–Crippen MR) is 92.0 cm³/mol. The summed E-state index contributed by atoms with van der Waals surface area (Å²) in [4.78, 5) is 27.4. The van der Waals surface area contributed by atoms with E-state index in [2.05, 4.69) is 0 Å². The Kier molecular flexibility index (Phi) is 5.39. The molecule has 1 amide bonds. The molecule has 1 saturated heterocycles. The van der Waals surface area contributed by atoms with Crippen molar-refractivity contribution in [3.63, 3.8) is 0 Å². The van der Waals surface area contributed by atoms with Crippen LogP contribution in [0.25, 0.3) is 0 Å². The van der Waals surface area contributed by atoms with Crippen LogP contribution in [0, 0.1) is 0 Å². The van der Waals surface area contributed by atoms with E-state index in [1.165, 1.54) is 0 Å². The van der Waals surface area contributed by atoms with Gasteiger partial charge in [-0.25, -0.2) is 0 Å². The quantitative estimate of drug-likeness (QED) is 0.795. The van der Waals surface area contributed by atoms with Crippen LogP contribution in [0.1, 0.15) is 28.3 Å². The standard InChI is InChI=1S/C20H21NO3/c22-19(21-11-13-24-14-12-21)15-18(16-7-3-1-4-8-16)20(23)17-9-5-2-6-10-17/h1-10,18H,11-15H2/t18-/m1/s1. The molecular weight excluding hydrogens is 302 g/mol. The van der Waals surface area contributed by atoms with E-state index in [0.717, 1.165) is 5.56 Å². The van der Waals surface area contributed by atoms with Crippen LogP contribution in [0.2, 0.25) is 0 Å². The number of amides is 1. The lowest BCUT2D eigenvalue weighted by Gasteiger charge is -2.28. The van der Waals surface area contributed by atoms with Crippen LogP contribution in [0.5, 0.6) is 0 Å². The smallest absolute Gasteiger partial charge is 0.223 e. The number of carbonyl (C=O) groups excluding carboxylic acids is 2. The van der Waals surface area contributed by atoms with E-state index in [0.29, 0.717) is 31.9 Å². The highest BCUT2D eigenvalue weighted by Crippen LogP contribution is 2.25. The number of morpholine rings is 1. The second-order valence-electron chi connectivity index (χ2n) is 5.89. The molecule has 1 aliphatic heterocycles. The van der Waals surface area contributed by atoms with E-state index in [9.17, 15) is 9.59 Å². The summed E-state index contributed by atoms with van der Waals surface area (Å²) in [5.41, 5.74) is 1.52. The van der Waals surface area contributed by atoms with Gasteiger partial charge in [0.2, 0.25) is 5.91 Å². The zero-order valence-corrected chi connectivity index (χ0v) is 13.6. The predicted octanol–water partition coefficient (Wildman–Crippen LogP) is 2.90. The molecule has 4 heteroatoms. The number of rotatable bonds is 5. The molecule has 1 atom stereocenters. The average molecular weight is 323 g/mol. The van der Waals surface area contributed by atoms with Gasteiger partial charge in [0.25, 0.3) is 0 Å². The van der Waals surface area contributed by atoms with Crippen molar-refractivity contribution in [2.75, 3.05) is 26.3 Å². The van der Waals surface area contributed by atoms with E-state index < -0.39 is 5.92 Å². The summed E-state index contributed by atoms with van der Waals surface area (Å²) >= 11 is 0. The first-order chi connectivity index (χ1) is 11.8. The molecule has 0 aliphatic carbocycles. The minimum atomic E-state index is -0.455. The Morgan fingerprint density at radius 1 is 0.917 bits per heavy atom. The largest absolute Gasteiger partial charge is 0.378 e. The molecule has 1 aliphatic rings. The molecule has 0 radical (unpaired) electrons. The van der Waals surface area contributed by atoms with Gasteiger partial charge in [-0.15, -0.1) is 0 Å². The summed E-state index contributed by atoms with van der Waals surface area (Å²) in [6.45, 7) is 2.32. The topological polar surface area (TPSA) is 46.6 Å². The Morgan fingerprint density at radius 2 is 1.50 bits per heavy atom. The highest BCUT2D eigenvalue weighted by Gasteiger charge is 2.27. The Morgan fingerprint density at radius 3 is 2.12 bits per heavy atom. The number of benzene rings is 2. The molecule has 2 aromatic carbocycles. The summed E-state index contributed by atoms with van der Waals surface area (Å²) in [6.07, 6.45) is 0.192. The minimum absolute atomic E-state index is 0.0106. The van der Waals surface area contributed by atoms with E-state index in [1.807, 2.05) is 48.5 Å². The van der Waals surface area contributed by atoms with Gasteiger partial charge >= 0.3 is 0 Å². The van der Waals surface area contributed by atoms with Crippen LogP contribution in [0.15, 0.2) is 60.7 Å². The zero-order valence-electron chi connectivity index (χ0n) is 13.6. The number of ether oxygens (including phenoxy) is 1. The number of carbonyl (C=O) groups is 2. The summed E-state index contributed by atoms with van der Waals surface area (Å²) in [5, 5.41) is 0. The van der Waals surface area contributed by atoms with Gasteiger partial charge in [-0.2, -0.15) is 0 Å². The third-order valence-electron chi connectivity index (χ3n) is 4.32. The highest BCUT2D eigenvalue weighted by molar-refractivity contribution is 6.03. The van der Waals surface area contributed by atoms with Crippen LogP contribution in [0.3, 0.4) is 0 Å². The number of hydrogen-bond donors (Lipinski definition) is 0. The molecule has 1 heterocycles. The third kappa shape index (κ3) is 3.89.